The van der Waals surface area contributed by atoms with E-state index in [9.17, 15) is 0 Å². The van der Waals surface area contributed by atoms with Gasteiger partial charge in [-0.05, 0) is 26.3 Å². The van der Waals surface area contributed by atoms with Crippen LogP contribution in [0.4, 0.5) is 0 Å². The quantitative estimate of drug-likeness (QED) is 0.615. The van der Waals surface area contributed by atoms with Gasteiger partial charge in [-0.25, -0.2) is 0 Å². The molecule has 11 heavy (non-hydrogen) atoms. The maximum absolute atomic E-state index is 8.77. The molecular weight excluding hydrogens is 138 g/mol. The number of nitrogens with two attached hydrogens (primary N) is 1. The minimum absolute atomic E-state index is 0.300. The van der Waals surface area contributed by atoms with Crippen LogP contribution >= 0.6 is 0 Å². The smallest absolute Gasteiger partial charge is 0.103 e. The van der Waals surface area contributed by atoms with Crippen LogP contribution in [0.25, 0.3) is 0 Å². The zero-order chi connectivity index (χ0) is 8.48. The van der Waals surface area contributed by atoms with Crippen molar-refractivity contribution in [3.8, 4) is 6.07 Å². The summed E-state index contributed by atoms with van der Waals surface area (Å²) in [6.45, 7) is 6.60. The number of likely N-dealkylation sites (tertiary alicyclic amines) is 1. The van der Waals surface area contributed by atoms with E-state index in [0.717, 1.165) is 19.6 Å². The summed E-state index contributed by atoms with van der Waals surface area (Å²) in [5, 5.41) is 8.77. The molecule has 0 saturated carbocycles. The molecule has 0 aromatic carbocycles. The van der Waals surface area contributed by atoms with Gasteiger partial charge in [0.15, 0.2) is 0 Å². The summed E-state index contributed by atoms with van der Waals surface area (Å²) >= 11 is 0. The SMILES string of the molecule is CC(C)(C#N)N1CC(CN)C1. The highest BCUT2D eigenvalue weighted by molar-refractivity contribution is 5.05. The van der Waals surface area contributed by atoms with Gasteiger partial charge in [0.05, 0.1) is 6.07 Å². The summed E-state index contributed by atoms with van der Waals surface area (Å²) in [6.07, 6.45) is 0. The molecule has 1 saturated heterocycles. The molecule has 1 fully saturated rings. The van der Waals surface area contributed by atoms with Crippen molar-refractivity contribution >= 4 is 0 Å². The summed E-state index contributed by atoms with van der Waals surface area (Å²) in [5.41, 5.74) is 5.17. The highest BCUT2D eigenvalue weighted by atomic mass is 15.2. The lowest BCUT2D eigenvalue weighted by Crippen LogP contribution is -2.58. The second-order valence-electron chi connectivity index (χ2n) is 3.68. The number of hydrogen-bond donors (Lipinski definition) is 1. The van der Waals surface area contributed by atoms with Crippen LogP contribution in [-0.4, -0.2) is 30.1 Å². The number of nitriles is 1. The third-order valence-corrected chi connectivity index (χ3v) is 2.35. The standard InChI is InChI=1S/C8H15N3/c1-8(2,6-10)11-4-7(3-9)5-11/h7H,3-5,9H2,1-2H3. The van der Waals surface area contributed by atoms with Gasteiger partial charge in [0.1, 0.15) is 5.54 Å². The van der Waals surface area contributed by atoms with Crippen molar-refractivity contribution < 1.29 is 0 Å². The van der Waals surface area contributed by atoms with Crippen LogP contribution in [0, 0.1) is 17.2 Å². The molecule has 0 aromatic rings. The maximum atomic E-state index is 8.77. The fourth-order valence-electron chi connectivity index (χ4n) is 1.25. The van der Waals surface area contributed by atoms with Crippen LogP contribution in [0.15, 0.2) is 0 Å². The molecule has 62 valence electrons. The Kier molecular flexibility index (Phi) is 2.17. The fraction of sp³-hybridized carbons (Fsp3) is 0.875. The number of hydrogen-bond acceptors (Lipinski definition) is 3. The average molecular weight is 153 g/mol. The highest BCUT2D eigenvalue weighted by Crippen LogP contribution is 2.24. The van der Waals surface area contributed by atoms with E-state index in [2.05, 4.69) is 11.0 Å². The van der Waals surface area contributed by atoms with Crippen molar-refractivity contribution in [3.05, 3.63) is 0 Å². The lowest BCUT2D eigenvalue weighted by molar-refractivity contribution is 0.0381. The van der Waals surface area contributed by atoms with Gasteiger partial charge in [-0.1, -0.05) is 0 Å². The Bertz CT molecular complexity index is 174. The van der Waals surface area contributed by atoms with Gasteiger partial charge < -0.3 is 5.73 Å². The lowest BCUT2D eigenvalue weighted by atomic mass is 9.92. The van der Waals surface area contributed by atoms with E-state index in [4.69, 9.17) is 11.0 Å². The molecule has 1 heterocycles. The van der Waals surface area contributed by atoms with Crippen LogP contribution in [0.2, 0.25) is 0 Å². The maximum Gasteiger partial charge on any atom is 0.103 e. The number of rotatable bonds is 2. The van der Waals surface area contributed by atoms with Gasteiger partial charge in [0, 0.05) is 13.1 Å². The first-order chi connectivity index (χ1) is 5.10. The second kappa shape index (κ2) is 2.80. The van der Waals surface area contributed by atoms with Gasteiger partial charge in [0.2, 0.25) is 0 Å². The molecule has 1 aliphatic heterocycles. The molecule has 1 rings (SSSR count). The van der Waals surface area contributed by atoms with Crippen LogP contribution < -0.4 is 5.73 Å². The molecule has 0 bridgehead atoms. The molecular formula is C8H15N3. The Labute approximate surface area is 67.8 Å². The first-order valence-electron chi connectivity index (χ1n) is 3.96. The largest absolute Gasteiger partial charge is 0.330 e. The minimum Gasteiger partial charge on any atom is -0.330 e. The van der Waals surface area contributed by atoms with Crippen LogP contribution in [0.3, 0.4) is 0 Å². The fourth-order valence-corrected chi connectivity index (χ4v) is 1.25. The van der Waals surface area contributed by atoms with Crippen LogP contribution in [0.1, 0.15) is 13.8 Å². The molecule has 0 aromatic heterocycles. The van der Waals surface area contributed by atoms with Crippen molar-refractivity contribution in [3.63, 3.8) is 0 Å². The van der Waals surface area contributed by atoms with Gasteiger partial charge in [0.25, 0.3) is 0 Å². The Morgan fingerprint density at radius 3 is 2.55 bits per heavy atom. The van der Waals surface area contributed by atoms with E-state index >= 15 is 0 Å². The van der Waals surface area contributed by atoms with E-state index in [0.29, 0.717) is 5.92 Å². The van der Waals surface area contributed by atoms with Crippen molar-refractivity contribution in [2.45, 2.75) is 19.4 Å². The molecule has 0 atom stereocenters. The summed E-state index contributed by atoms with van der Waals surface area (Å²) in [6, 6.07) is 2.27. The average Bonchev–Trinajstić information content (AvgIpc) is 1.85. The van der Waals surface area contributed by atoms with Gasteiger partial charge in [-0.15, -0.1) is 0 Å². The Morgan fingerprint density at radius 2 is 2.18 bits per heavy atom. The third kappa shape index (κ3) is 1.52. The summed E-state index contributed by atoms with van der Waals surface area (Å²) in [7, 11) is 0. The Balaban J connectivity index is 2.39. The molecule has 3 nitrogen and oxygen atoms in total. The third-order valence-electron chi connectivity index (χ3n) is 2.35. The van der Waals surface area contributed by atoms with Crippen molar-refractivity contribution in [2.75, 3.05) is 19.6 Å². The van der Waals surface area contributed by atoms with Crippen LogP contribution in [-0.2, 0) is 0 Å². The van der Waals surface area contributed by atoms with Gasteiger partial charge in [-0.2, -0.15) is 5.26 Å². The predicted molar refractivity (Wildman–Crippen MR) is 43.8 cm³/mol. The van der Waals surface area contributed by atoms with E-state index in [1.54, 1.807) is 0 Å². The normalized spacial score (nSPS) is 20.9. The predicted octanol–water partition coefficient (Wildman–Crippen LogP) is 0.179. The summed E-state index contributed by atoms with van der Waals surface area (Å²) in [5.74, 6) is 0.614. The van der Waals surface area contributed by atoms with Crippen molar-refractivity contribution in [2.24, 2.45) is 11.7 Å². The highest BCUT2D eigenvalue weighted by Gasteiger charge is 2.36. The summed E-state index contributed by atoms with van der Waals surface area (Å²) in [4.78, 5) is 2.16. The molecule has 0 unspecified atom stereocenters. The molecule has 0 radical (unpaired) electrons. The molecule has 2 N–H and O–H groups in total. The first kappa shape index (κ1) is 8.51. The molecule has 1 aliphatic rings. The summed E-state index contributed by atoms with van der Waals surface area (Å²) < 4.78 is 0. The zero-order valence-electron chi connectivity index (χ0n) is 7.17. The molecule has 0 spiro atoms. The molecule has 0 aliphatic carbocycles. The Morgan fingerprint density at radius 1 is 1.64 bits per heavy atom. The lowest BCUT2D eigenvalue weighted by Gasteiger charge is -2.45. The first-order valence-corrected chi connectivity index (χ1v) is 3.96. The van der Waals surface area contributed by atoms with E-state index in [1.165, 1.54) is 0 Å². The van der Waals surface area contributed by atoms with E-state index < -0.39 is 0 Å². The Hall–Kier alpha value is -0.590. The van der Waals surface area contributed by atoms with Gasteiger partial charge in [-0.3, -0.25) is 4.90 Å². The van der Waals surface area contributed by atoms with E-state index in [-0.39, 0.29) is 5.54 Å². The topological polar surface area (TPSA) is 53.0 Å². The van der Waals surface area contributed by atoms with Crippen LogP contribution in [0.5, 0.6) is 0 Å². The molecule has 0 amide bonds. The van der Waals surface area contributed by atoms with E-state index in [1.807, 2.05) is 13.8 Å². The zero-order valence-corrected chi connectivity index (χ0v) is 7.17. The van der Waals surface area contributed by atoms with Crippen molar-refractivity contribution in [1.82, 2.24) is 4.90 Å². The van der Waals surface area contributed by atoms with Gasteiger partial charge >= 0.3 is 0 Å². The molecule has 3 heteroatoms. The minimum atomic E-state index is -0.300. The van der Waals surface area contributed by atoms with Crippen molar-refractivity contribution in [1.29, 1.82) is 5.26 Å². The number of nitrogens with zero attached hydrogens (tertiary/aromatic N) is 2. The second-order valence-corrected chi connectivity index (χ2v) is 3.68. The monoisotopic (exact) mass is 153 g/mol.